The van der Waals surface area contributed by atoms with Crippen LogP contribution in [0.3, 0.4) is 0 Å². The van der Waals surface area contributed by atoms with E-state index < -0.39 is 30.1 Å². The van der Waals surface area contributed by atoms with Gasteiger partial charge in [0, 0.05) is 39.2 Å². The number of ether oxygens (including phenoxy) is 2. The van der Waals surface area contributed by atoms with Gasteiger partial charge in [-0.15, -0.1) is 0 Å². The van der Waals surface area contributed by atoms with Crippen molar-refractivity contribution in [2.75, 3.05) is 46.5 Å². The molecular weight excluding hydrogens is 522 g/mol. The average Bonchev–Trinajstić information content (AvgIpc) is 3.53. The number of nitrogens with zero attached hydrogens (tertiary/aromatic N) is 2. The first-order valence-corrected chi connectivity index (χ1v) is 13.8. The summed E-state index contributed by atoms with van der Waals surface area (Å²) in [6.07, 6.45) is -0.379. The minimum absolute atomic E-state index is 0.0917. The number of fused-ring (bicyclic) bond motifs is 3. The number of hydrogen-bond acceptors (Lipinski definition) is 6. The molecule has 1 aliphatic carbocycles. The van der Waals surface area contributed by atoms with Crippen molar-refractivity contribution < 1.29 is 29.0 Å². The second kappa shape index (κ2) is 12.5. The van der Waals surface area contributed by atoms with Crippen molar-refractivity contribution >= 4 is 18.0 Å². The highest BCUT2D eigenvalue weighted by Crippen LogP contribution is 2.44. The summed E-state index contributed by atoms with van der Waals surface area (Å²) in [6.45, 7) is 1.26. The van der Waals surface area contributed by atoms with Crippen LogP contribution in [0, 0.1) is 0 Å². The second-order valence-corrected chi connectivity index (χ2v) is 10.6. The predicted octanol–water partition coefficient (Wildman–Crippen LogP) is 3.73. The first kappa shape index (κ1) is 28.3. The third kappa shape index (κ3) is 6.26. The van der Waals surface area contributed by atoms with Crippen molar-refractivity contribution in [3.63, 3.8) is 0 Å². The molecule has 1 aliphatic heterocycles. The number of alkyl carbamates (subject to hydrolysis) is 1. The van der Waals surface area contributed by atoms with Gasteiger partial charge in [0.05, 0.1) is 6.61 Å². The molecule has 3 aromatic rings. The Hall–Kier alpha value is -4.21. The molecule has 9 nitrogen and oxygen atoms in total. The molecule has 9 heteroatoms. The smallest absolute Gasteiger partial charge is 0.408 e. The van der Waals surface area contributed by atoms with Gasteiger partial charge in [-0.25, -0.2) is 4.79 Å². The molecule has 0 spiro atoms. The molecule has 0 bridgehead atoms. The number of carboxylic acids is 1. The van der Waals surface area contributed by atoms with Crippen molar-refractivity contribution in [2.45, 2.75) is 24.4 Å². The maximum absolute atomic E-state index is 13.9. The van der Waals surface area contributed by atoms with Crippen molar-refractivity contribution in [3.8, 4) is 11.1 Å². The number of carboxylic acid groups (broad SMARTS) is 1. The molecular formula is C32H35N3O6. The van der Waals surface area contributed by atoms with Gasteiger partial charge in [-0.2, -0.15) is 0 Å². The lowest BCUT2D eigenvalue weighted by molar-refractivity contribution is -0.147. The molecule has 2 amide bonds. The topological polar surface area (TPSA) is 108 Å². The van der Waals surface area contributed by atoms with Crippen LogP contribution in [0.5, 0.6) is 0 Å². The van der Waals surface area contributed by atoms with Gasteiger partial charge >= 0.3 is 12.1 Å². The van der Waals surface area contributed by atoms with Crippen LogP contribution >= 0.6 is 0 Å². The summed E-state index contributed by atoms with van der Waals surface area (Å²) in [6, 6.07) is 26.0. The molecule has 1 fully saturated rings. The summed E-state index contributed by atoms with van der Waals surface area (Å²) in [5.74, 6) is -1.71. The van der Waals surface area contributed by atoms with Crippen LogP contribution in [0.2, 0.25) is 0 Å². The molecule has 5 rings (SSSR count). The van der Waals surface area contributed by atoms with Crippen LogP contribution in [0.15, 0.2) is 78.9 Å². The minimum Gasteiger partial charge on any atom is -0.480 e. The van der Waals surface area contributed by atoms with Gasteiger partial charge in [0.15, 0.2) is 0 Å². The number of aliphatic carboxylic acids is 1. The summed E-state index contributed by atoms with van der Waals surface area (Å²) >= 11 is 0. The quantitative estimate of drug-likeness (QED) is 0.370. The summed E-state index contributed by atoms with van der Waals surface area (Å²) in [4.78, 5) is 42.2. The fraction of sp³-hybridized carbons (Fsp3) is 0.344. The van der Waals surface area contributed by atoms with Crippen LogP contribution in [-0.4, -0.2) is 84.9 Å². The molecule has 214 valence electrons. The molecule has 2 aliphatic rings. The van der Waals surface area contributed by atoms with Crippen molar-refractivity contribution in [1.29, 1.82) is 0 Å². The summed E-state index contributed by atoms with van der Waals surface area (Å²) in [7, 11) is 1.49. The van der Waals surface area contributed by atoms with E-state index in [9.17, 15) is 19.5 Å². The van der Waals surface area contributed by atoms with Crippen LogP contribution in [0.4, 0.5) is 4.79 Å². The summed E-state index contributed by atoms with van der Waals surface area (Å²) in [5.41, 5.74) is 4.18. The Balaban J connectivity index is 1.34. The van der Waals surface area contributed by atoms with Crippen molar-refractivity contribution in [1.82, 2.24) is 15.1 Å². The lowest BCUT2D eigenvalue weighted by atomic mass is 9.96. The zero-order valence-corrected chi connectivity index (χ0v) is 23.1. The molecule has 0 radical (unpaired) electrons. The molecule has 1 unspecified atom stereocenters. The maximum atomic E-state index is 13.9. The molecule has 1 heterocycles. The number of methoxy groups -OCH3 is 1. The standard InChI is InChI=1S/C32H35N3O6/c1-40-18-17-35(20-29(36)37)30(38)32(15-16-34(22-32)19-23-9-3-2-4-10-23)33-31(39)41-21-28-26-13-7-5-11-24(26)25-12-6-8-14-27(25)28/h2-14,28H,15-22H2,1H3,(H,33,39)(H,36,37). The number of carbonyl (C=O) groups is 3. The van der Waals surface area contributed by atoms with E-state index in [-0.39, 0.29) is 32.2 Å². The molecule has 41 heavy (non-hydrogen) atoms. The van der Waals surface area contributed by atoms with E-state index in [2.05, 4.69) is 22.3 Å². The van der Waals surface area contributed by atoms with E-state index >= 15 is 0 Å². The van der Waals surface area contributed by atoms with E-state index in [1.54, 1.807) is 0 Å². The predicted molar refractivity (Wildman–Crippen MR) is 153 cm³/mol. The Labute approximate surface area is 239 Å². The third-order valence-electron chi connectivity index (χ3n) is 7.87. The Bertz CT molecular complexity index is 1350. The molecule has 3 aromatic carbocycles. The highest BCUT2D eigenvalue weighted by atomic mass is 16.5. The maximum Gasteiger partial charge on any atom is 0.408 e. The molecule has 2 N–H and O–H groups in total. The number of amides is 2. The van der Waals surface area contributed by atoms with Crippen molar-refractivity contribution in [2.24, 2.45) is 0 Å². The van der Waals surface area contributed by atoms with Gasteiger partial charge in [0.2, 0.25) is 5.91 Å². The van der Waals surface area contributed by atoms with E-state index in [0.717, 1.165) is 27.8 Å². The molecule has 0 saturated carbocycles. The Morgan fingerprint density at radius 3 is 2.24 bits per heavy atom. The van der Waals surface area contributed by atoms with Gasteiger partial charge < -0.3 is 24.8 Å². The van der Waals surface area contributed by atoms with E-state index in [1.807, 2.05) is 66.7 Å². The van der Waals surface area contributed by atoms with E-state index in [0.29, 0.717) is 19.5 Å². The first-order chi connectivity index (χ1) is 19.9. The first-order valence-electron chi connectivity index (χ1n) is 13.8. The fourth-order valence-electron chi connectivity index (χ4n) is 5.95. The largest absolute Gasteiger partial charge is 0.480 e. The summed E-state index contributed by atoms with van der Waals surface area (Å²) in [5, 5.41) is 12.4. The second-order valence-electron chi connectivity index (χ2n) is 10.6. The Morgan fingerprint density at radius 1 is 0.976 bits per heavy atom. The van der Waals surface area contributed by atoms with E-state index in [4.69, 9.17) is 9.47 Å². The van der Waals surface area contributed by atoms with Gasteiger partial charge in [0.1, 0.15) is 18.7 Å². The normalized spacial score (nSPS) is 18.0. The minimum atomic E-state index is -1.33. The number of rotatable bonds is 11. The lowest BCUT2D eigenvalue weighted by Gasteiger charge is -2.34. The van der Waals surface area contributed by atoms with E-state index in [1.165, 1.54) is 12.0 Å². The summed E-state index contributed by atoms with van der Waals surface area (Å²) < 4.78 is 10.9. The van der Waals surface area contributed by atoms with Gasteiger partial charge in [-0.1, -0.05) is 78.9 Å². The van der Waals surface area contributed by atoms with Gasteiger partial charge in [-0.05, 0) is 34.2 Å². The monoisotopic (exact) mass is 557 g/mol. The Morgan fingerprint density at radius 2 is 1.61 bits per heavy atom. The van der Waals surface area contributed by atoms with Crippen molar-refractivity contribution in [3.05, 3.63) is 95.6 Å². The number of likely N-dealkylation sites (tertiary alicyclic amines) is 1. The van der Waals surface area contributed by atoms with Crippen LogP contribution < -0.4 is 5.32 Å². The molecule has 1 saturated heterocycles. The van der Waals surface area contributed by atoms with Gasteiger partial charge in [-0.3, -0.25) is 14.5 Å². The third-order valence-corrected chi connectivity index (χ3v) is 7.87. The lowest BCUT2D eigenvalue weighted by Crippen LogP contribution is -2.62. The van der Waals surface area contributed by atoms with Crippen LogP contribution in [0.25, 0.3) is 11.1 Å². The number of nitrogens with one attached hydrogen (secondary N) is 1. The van der Waals surface area contributed by atoms with Crippen LogP contribution in [-0.2, 0) is 25.6 Å². The zero-order chi connectivity index (χ0) is 28.8. The molecule has 1 atom stereocenters. The fourth-order valence-corrected chi connectivity index (χ4v) is 5.95. The number of benzene rings is 3. The highest BCUT2D eigenvalue weighted by molar-refractivity contribution is 5.92. The number of hydrogen-bond donors (Lipinski definition) is 2. The molecule has 0 aromatic heterocycles. The van der Waals surface area contributed by atoms with Gasteiger partial charge in [0.25, 0.3) is 0 Å². The Kier molecular flexibility index (Phi) is 8.66. The number of carbonyl (C=O) groups excluding carboxylic acids is 2. The zero-order valence-electron chi connectivity index (χ0n) is 23.1. The SMILES string of the molecule is COCCN(CC(=O)O)C(=O)C1(NC(=O)OCC2c3ccccc3-c3ccccc32)CCN(Cc2ccccc2)C1. The highest BCUT2D eigenvalue weighted by Gasteiger charge is 2.48. The van der Waals surface area contributed by atoms with Crippen LogP contribution in [0.1, 0.15) is 29.0 Å². The average molecular weight is 558 g/mol.